The molecule has 0 aliphatic heterocycles. The van der Waals surface area contributed by atoms with Gasteiger partial charge in [0.2, 0.25) is 0 Å². The molecular formula is C12H10F2N2O. The normalized spacial score (nSPS) is 14.9. The third-order valence-electron chi connectivity index (χ3n) is 2.33. The second kappa shape index (κ2) is 4.86. The van der Waals surface area contributed by atoms with Crippen molar-refractivity contribution in [1.82, 2.24) is 10.3 Å². The Bertz CT molecular complexity index is 492. The van der Waals surface area contributed by atoms with Crippen LogP contribution in [0.1, 0.15) is 23.3 Å². The average molecular weight is 236 g/mol. The zero-order valence-electron chi connectivity index (χ0n) is 8.91. The molecule has 0 unspecified atom stereocenters. The number of nitrogens with zero attached hydrogens (tertiary/aromatic N) is 1. The highest BCUT2D eigenvalue weighted by Crippen LogP contribution is 2.17. The Labute approximate surface area is 96.9 Å². The standard InChI is InChI=1S/C12H10F2N2O/c13-8-1-4-10(5-2-8)16-12(17)11-6-3-9(14)7-15-11/h1,3-4,6-7H,2,5H2,(H,16,17). The highest BCUT2D eigenvalue weighted by Gasteiger charge is 2.11. The number of rotatable bonds is 2. The van der Waals surface area contributed by atoms with Crippen LogP contribution in [0.3, 0.4) is 0 Å². The van der Waals surface area contributed by atoms with Crippen LogP contribution in [0.2, 0.25) is 0 Å². The first-order valence-corrected chi connectivity index (χ1v) is 5.13. The van der Waals surface area contributed by atoms with Crippen molar-refractivity contribution in [2.45, 2.75) is 12.8 Å². The highest BCUT2D eigenvalue weighted by molar-refractivity contribution is 5.93. The molecule has 1 aromatic heterocycles. The van der Waals surface area contributed by atoms with Crippen LogP contribution in [0.4, 0.5) is 8.78 Å². The van der Waals surface area contributed by atoms with Gasteiger partial charge in [-0.1, -0.05) is 0 Å². The topological polar surface area (TPSA) is 42.0 Å². The lowest BCUT2D eigenvalue weighted by Gasteiger charge is -2.11. The molecule has 5 heteroatoms. The number of nitrogens with one attached hydrogen (secondary N) is 1. The van der Waals surface area contributed by atoms with Gasteiger partial charge in [-0.15, -0.1) is 0 Å². The summed E-state index contributed by atoms with van der Waals surface area (Å²) in [7, 11) is 0. The molecule has 1 amide bonds. The van der Waals surface area contributed by atoms with Gasteiger partial charge in [-0.2, -0.15) is 0 Å². The molecular weight excluding hydrogens is 226 g/mol. The second-order valence-corrected chi connectivity index (χ2v) is 3.62. The maximum absolute atomic E-state index is 12.7. The predicted molar refractivity (Wildman–Crippen MR) is 58.2 cm³/mol. The lowest BCUT2D eigenvalue weighted by Crippen LogP contribution is -2.24. The lowest BCUT2D eigenvalue weighted by atomic mass is 10.1. The summed E-state index contributed by atoms with van der Waals surface area (Å²) in [6.07, 6.45) is 4.53. The van der Waals surface area contributed by atoms with Gasteiger partial charge in [-0.25, -0.2) is 13.8 Å². The van der Waals surface area contributed by atoms with E-state index in [1.165, 1.54) is 18.2 Å². The Kier molecular flexibility index (Phi) is 3.27. The second-order valence-electron chi connectivity index (χ2n) is 3.62. The number of hydrogen-bond acceptors (Lipinski definition) is 2. The van der Waals surface area contributed by atoms with E-state index in [9.17, 15) is 13.6 Å². The Balaban J connectivity index is 2.05. The molecule has 0 radical (unpaired) electrons. The first-order valence-electron chi connectivity index (χ1n) is 5.13. The van der Waals surface area contributed by atoms with Crippen LogP contribution in [0, 0.1) is 5.82 Å². The molecule has 0 spiro atoms. The lowest BCUT2D eigenvalue weighted by molar-refractivity contribution is 0.0959. The van der Waals surface area contributed by atoms with Crippen LogP contribution in [0.15, 0.2) is 42.0 Å². The van der Waals surface area contributed by atoms with Crippen LogP contribution >= 0.6 is 0 Å². The van der Waals surface area contributed by atoms with Crippen LogP contribution < -0.4 is 5.32 Å². The third kappa shape index (κ3) is 2.96. The molecule has 1 aliphatic rings. The Morgan fingerprint density at radius 1 is 1.24 bits per heavy atom. The Morgan fingerprint density at radius 2 is 2.06 bits per heavy atom. The minimum absolute atomic E-state index is 0.127. The summed E-state index contributed by atoms with van der Waals surface area (Å²) in [5, 5.41) is 2.60. The predicted octanol–water partition coefficient (Wildman–Crippen LogP) is 2.48. The monoisotopic (exact) mass is 236 g/mol. The van der Waals surface area contributed by atoms with Gasteiger partial charge < -0.3 is 5.32 Å². The summed E-state index contributed by atoms with van der Waals surface area (Å²) in [6, 6.07) is 2.46. The SMILES string of the molecule is O=C(NC1=CC=C(F)CC1)c1ccc(F)cn1. The first-order chi connectivity index (χ1) is 8.15. The fourth-order valence-corrected chi connectivity index (χ4v) is 1.44. The van der Waals surface area contributed by atoms with E-state index in [-0.39, 0.29) is 17.9 Å². The third-order valence-corrected chi connectivity index (χ3v) is 2.33. The summed E-state index contributed by atoms with van der Waals surface area (Å²) in [5.41, 5.74) is 0.754. The molecule has 2 rings (SSSR count). The first kappa shape index (κ1) is 11.4. The van der Waals surface area contributed by atoms with Crippen LogP contribution in [0.25, 0.3) is 0 Å². The molecule has 1 aromatic rings. The van der Waals surface area contributed by atoms with Crippen molar-refractivity contribution in [3.63, 3.8) is 0 Å². The van der Waals surface area contributed by atoms with Crippen molar-refractivity contribution < 1.29 is 13.6 Å². The Hall–Kier alpha value is -2.04. The number of pyridine rings is 1. The zero-order valence-corrected chi connectivity index (χ0v) is 8.91. The van der Waals surface area contributed by atoms with Crippen molar-refractivity contribution in [2.24, 2.45) is 0 Å². The van der Waals surface area contributed by atoms with Gasteiger partial charge in [0.25, 0.3) is 5.91 Å². The Morgan fingerprint density at radius 3 is 2.65 bits per heavy atom. The summed E-state index contributed by atoms with van der Waals surface area (Å²) < 4.78 is 25.3. The number of carbonyl (C=O) groups is 1. The number of carbonyl (C=O) groups excluding carboxylic acids is 1. The number of amides is 1. The number of halogens is 2. The molecule has 88 valence electrons. The van der Waals surface area contributed by atoms with E-state index in [4.69, 9.17) is 0 Å². The summed E-state index contributed by atoms with van der Waals surface area (Å²) in [4.78, 5) is 15.3. The van der Waals surface area contributed by atoms with Gasteiger partial charge >= 0.3 is 0 Å². The van der Waals surface area contributed by atoms with E-state index in [1.807, 2.05) is 0 Å². The van der Waals surface area contributed by atoms with Gasteiger partial charge in [-0.05, 0) is 30.7 Å². The van der Waals surface area contributed by atoms with Crippen molar-refractivity contribution in [3.8, 4) is 0 Å². The number of aromatic nitrogens is 1. The van der Waals surface area contributed by atoms with Crippen LogP contribution in [-0.4, -0.2) is 10.9 Å². The minimum Gasteiger partial charge on any atom is -0.324 e. The number of allylic oxidation sites excluding steroid dienone is 4. The highest BCUT2D eigenvalue weighted by atomic mass is 19.1. The van der Waals surface area contributed by atoms with Gasteiger partial charge in [0.05, 0.1) is 6.20 Å². The van der Waals surface area contributed by atoms with E-state index in [0.717, 1.165) is 12.3 Å². The van der Waals surface area contributed by atoms with E-state index in [2.05, 4.69) is 10.3 Å². The zero-order chi connectivity index (χ0) is 12.3. The minimum atomic E-state index is -0.497. The van der Waals surface area contributed by atoms with Crippen LogP contribution in [-0.2, 0) is 0 Å². The van der Waals surface area contributed by atoms with Crippen molar-refractivity contribution >= 4 is 5.91 Å². The fourth-order valence-electron chi connectivity index (χ4n) is 1.44. The van der Waals surface area contributed by atoms with Crippen LogP contribution in [0.5, 0.6) is 0 Å². The van der Waals surface area contributed by atoms with E-state index < -0.39 is 11.7 Å². The average Bonchev–Trinajstić information content (AvgIpc) is 2.33. The molecule has 0 saturated heterocycles. The van der Waals surface area contributed by atoms with Crippen molar-refractivity contribution in [1.29, 1.82) is 0 Å². The quantitative estimate of drug-likeness (QED) is 0.857. The number of hydrogen-bond donors (Lipinski definition) is 1. The van der Waals surface area contributed by atoms with Gasteiger partial charge in [0.1, 0.15) is 17.3 Å². The summed E-state index contributed by atoms with van der Waals surface area (Å²) in [6.45, 7) is 0. The summed E-state index contributed by atoms with van der Waals surface area (Å²) >= 11 is 0. The molecule has 0 fully saturated rings. The molecule has 0 atom stereocenters. The molecule has 1 N–H and O–H groups in total. The van der Waals surface area contributed by atoms with Gasteiger partial charge in [0, 0.05) is 12.1 Å². The van der Waals surface area contributed by atoms with E-state index in [1.54, 1.807) is 0 Å². The molecule has 1 heterocycles. The molecule has 1 aliphatic carbocycles. The van der Waals surface area contributed by atoms with Crippen molar-refractivity contribution in [2.75, 3.05) is 0 Å². The maximum Gasteiger partial charge on any atom is 0.274 e. The largest absolute Gasteiger partial charge is 0.324 e. The fraction of sp³-hybridized carbons (Fsp3) is 0.167. The van der Waals surface area contributed by atoms with Gasteiger partial charge in [-0.3, -0.25) is 4.79 Å². The smallest absolute Gasteiger partial charge is 0.274 e. The molecule has 0 saturated carbocycles. The van der Waals surface area contributed by atoms with Crippen molar-refractivity contribution in [3.05, 3.63) is 53.5 Å². The molecule has 0 aromatic carbocycles. The maximum atomic E-state index is 12.7. The summed E-state index contributed by atoms with van der Waals surface area (Å²) in [5.74, 6) is -1.13. The molecule has 0 bridgehead atoms. The van der Waals surface area contributed by atoms with E-state index in [0.29, 0.717) is 12.1 Å². The molecule has 17 heavy (non-hydrogen) atoms. The van der Waals surface area contributed by atoms with Gasteiger partial charge in [0.15, 0.2) is 0 Å². The van der Waals surface area contributed by atoms with E-state index >= 15 is 0 Å². The molecule has 3 nitrogen and oxygen atoms in total.